The van der Waals surface area contributed by atoms with Crippen molar-refractivity contribution in [3.63, 3.8) is 0 Å². The molecule has 2 aromatic carbocycles. The number of aromatic nitrogens is 2. The van der Waals surface area contributed by atoms with Crippen LogP contribution in [-0.4, -0.2) is 32.5 Å². The molecule has 1 heterocycles. The van der Waals surface area contributed by atoms with Crippen LogP contribution in [0.15, 0.2) is 48.5 Å². The molecule has 0 spiro atoms. The number of fused-ring (bicyclic) bond motifs is 1. The number of benzene rings is 2. The predicted octanol–water partition coefficient (Wildman–Crippen LogP) is 2.65. The van der Waals surface area contributed by atoms with Crippen molar-refractivity contribution >= 4 is 27.7 Å². The SMILES string of the molecule is Cc1nc2ccccc2n1CCNC(=O)c1cccc(CS(C)=O)c1. The zero-order chi connectivity index (χ0) is 17.8. The highest BCUT2D eigenvalue weighted by atomic mass is 32.2. The Morgan fingerprint density at radius 1 is 1.20 bits per heavy atom. The summed E-state index contributed by atoms with van der Waals surface area (Å²) < 4.78 is 13.4. The van der Waals surface area contributed by atoms with Crippen LogP contribution in [-0.2, 0) is 23.1 Å². The van der Waals surface area contributed by atoms with Gasteiger partial charge in [0, 0.05) is 41.5 Å². The molecule has 0 radical (unpaired) electrons. The summed E-state index contributed by atoms with van der Waals surface area (Å²) >= 11 is 0. The van der Waals surface area contributed by atoms with Gasteiger partial charge in [-0.05, 0) is 36.8 Å². The monoisotopic (exact) mass is 355 g/mol. The van der Waals surface area contributed by atoms with Gasteiger partial charge in [0.15, 0.2) is 0 Å². The number of nitrogens with zero attached hydrogens (tertiary/aromatic N) is 2. The van der Waals surface area contributed by atoms with Gasteiger partial charge in [-0.15, -0.1) is 0 Å². The molecule has 130 valence electrons. The van der Waals surface area contributed by atoms with Crippen LogP contribution in [0.25, 0.3) is 11.0 Å². The van der Waals surface area contributed by atoms with Gasteiger partial charge in [0.1, 0.15) is 5.82 Å². The molecule has 0 saturated heterocycles. The maximum Gasteiger partial charge on any atom is 0.251 e. The average molecular weight is 355 g/mol. The smallest absolute Gasteiger partial charge is 0.251 e. The van der Waals surface area contributed by atoms with E-state index >= 15 is 0 Å². The molecule has 3 rings (SSSR count). The Bertz CT molecular complexity index is 933. The number of hydrogen-bond acceptors (Lipinski definition) is 3. The topological polar surface area (TPSA) is 64.0 Å². The van der Waals surface area contributed by atoms with E-state index in [1.54, 1.807) is 18.4 Å². The molecule has 1 amide bonds. The maximum absolute atomic E-state index is 12.3. The van der Waals surface area contributed by atoms with Crippen molar-refractivity contribution in [2.24, 2.45) is 0 Å². The van der Waals surface area contributed by atoms with E-state index in [0.29, 0.717) is 24.4 Å². The summed E-state index contributed by atoms with van der Waals surface area (Å²) in [7, 11) is -0.922. The van der Waals surface area contributed by atoms with E-state index in [-0.39, 0.29) is 5.91 Å². The van der Waals surface area contributed by atoms with E-state index in [2.05, 4.69) is 14.9 Å². The van der Waals surface area contributed by atoms with Gasteiger partial charge in [0.05, 0.1) is 11.0 Å². The minimum Gasteiger partial charge on any atom is -0.350 e. The van der Waals surface area contributed by atoms with E-state index in [4.69, 9.17) is 0 Å². The van der Waals surface area contributed by atoms with Gasteiger partial charge in [0.25, 0.3) is 5.91 Å². The minimum absolute atomic E-state index is 0.120. The molecule has 5 nitrogen and oxygen atoms in total. The Morgan fingerprint density at radius 2 is 2.00 bits per heavy atom. The summed E-state index contributed by atoms with van der Waals surface area (Å²) in [5, 5.41) is 2.95. The number of nitrogens with one attached hydrogen (secondary N) is 1. The van der Waals surface area contributed by atoms with Crippen LogP contribution < -0.4 is 5.32 Å². The number of aryl methyl sites for hydroxylation is 1. The first-order valence-corrected chi connectivity index (χ1v) is 9.86. The van der Waals surface area contributed by atoms with E-state index in [9.17, 15) is 9.00 Å². The molecule has 1 atom stereocenters. The Balaban J connectivity index is 1.64. The third-order valence-electron chi connectivity index (χ3n) is 4.03. The quantitative estimate of drug-likeness (QED) is 0.739. The highest BCUT2D eigenvalue weighted by molar-refractivity contribution is 7.83. The van der Waals surface area contributed by atoms with Crippen molar-refractivity contribution in [2.45, 2.75) is 19.2 Å². The zero-order valence-electron chi connectivity index (χ0n) is 14.4. The van der Waals surface area contributed by atoms with Crippen LogP contribution in [0.5, 0.6) is 0 Å². The molecular formula is C19H21N3O2S. The normalized spacial score (nSPS) is 12.2. The van der Waals surface area contributed by atoms with E-state index in [0.717, 1.165) is 22.4 Å². The first-order chi connectivity index (χ1) is 12.0. The molecule has 0 aliphatic heterocycles. The van der Waals surface area contributed by atoms with Crippen LogP contribution in [0, 0.1) is 6.92 Å². The van der Waals surface area contributed by atoms with Crippen LogP contribution in [0.4, 0.5) is 0 Å². The van der Waals surface area contributed by atoms with Crippen molar-refractivity contribution in [1.29, 1.82) is 0 Å². The van der Waals surface area contributed by atoms with Gasteiger partial charge < -0.3 is 9.88 Å². The number of amides is 1. The molecular weight excluding hydrogens is 334 g/mol. The average Bonchev–Trinajstić information content (AvgIpc) is 2.90. The fraction of sp³-hybridized carbons (Fsp3) is 0.263. The summed E-state index contributed by atoms with van der Waals surface area (Å²) in [6, 6.07) is 15.3. The lowest BCUT2D eigenvalue weighted by Crippen LogP contribution is -2.27. The van der Waals surface area contributed by atoms with E-state index in [1.807, 2.05) is 43.3 Å². The Morgan fingerprint density at radius 3 is 2.80 bits per heavy atom. The number of carbonyl (C=O) groups is 1. The van der Waals surface area contributed by atoms with Gasteiger partial charge in [-0.25, -0.2) is 4.98 Å². The summed E-state index contributed by atoms with van der Waals surface area (Å²) in [4.78, 5) is 16.9. The second-order valence-electron chi connectivity index (χ2n) is 5.97. The molecule has 0 aliphatic rings. The van der Waals surface area contributed by atoms with Gasteiger partial charge >= 0.3 is 0 Å². The number of carbonyl (C=O) groups excluding carboxylic acids is 1. The third kappa shape index (κ3) is 4.14. The molecule has 1 unspecified atom stereocenters. The van der Waals surface area contributed by atoms with Crippen LogP contribution in [0.1, 0.15) is 21.7 Å². The fourth-order valence-corrected chi connectivity index (χ4v) is 3.55. The van der Waals surface area contributed by atoms with Gasteiger partial charge in [-0.1, -0.05) is 24.3 Å². The Labute approximate surface area is 149 Å². The molecule has 1 aromatic heterocycles. The lowest BCUT2D eigenvalue weighted by atomic mass is 10.1. The summed E-state index contributed by atoms with van der Waals surface area (Å²) in [5.74, 6) is 1.27. The standard InChI is InChI=1S/C19H21N3O2S/c1-14-21-17-8-3-4-9-18(17)22(14)11-10-20-19(23)16-7-5-6-15(12-16)13-25(2)24/h3-9,12H,10-11,13H2,1-2H3,(H,20,23). The minimum atomic E-state index is -0.922. The number of imidazole rings is 1. The predicted molar refractivity (Wildman–Crippen MR) is 101 cm³/mol. The van der Waals surface area contributed by atoms with Crippen LogP contribution in [0.3, 0.4) is 0 Å². The number of para-hydroxylation sites is 2. The molecule has 0 bridgehead atoms. The number of hydrogen-bond donors (Lipinski definition) is 1. The highest BCUT2D eigenvalue weighted by Crippen LogP contribution is 2.15. The van der Waals surface area contributed by atoms with Crippen LogP contribution >= 0.6 is 0 Å². The zero-order valence-corrected chi connectivity index (χ0v) is 15.2. The first kappa shape index (κ1) is 17.4. The lowest BCUT2D eigenvalue weighted by Gasteiger charge is -2.09. The van der Waals surface area contributed by atoms with Crippen LogP contribution in [0.2, 0.25) is 0 Å². The fourth-order valence-electron chi connectivity index (χ4n) is 2.90. The summed E-state index contributed by atoms with van der Waals surface area (Å²) in [6.45, 7) is 3.15. The van der Waals surface area contributed by atoms with Crippen molar-refractivity contribution in [1.82, 2.24) is 14.9 Å². The number of rotatable bonds is 6. The summed E-state index contributed by atoms with van der Waals surface area (Å²) in [6.07, 6.45) is 1.66. The second kappa shape index (κ2) is 7.61. The highest BCUT2D eigenvalue weighted by Gasteiger charge is 2.09. The van der Waals surface area contributed by atoms with Crippen molar-refractivity contribution in [2.75, 3.05) is 12.8 Å². The Kier molecular flexibility index (Phi) is 5.28. The molecule has 0 saturated carbocycles. The van der Waals surface area contributed by atoms with Crippen molar-refractivity contribution in [3.8, 4) is 0 Å². The molecule has 0 fully saturated rings. The van der Waals surface area contributed by atoms with Crippen molar-refractivity contribution in [3.05, 3.63) is 65.5 Å². The molecule has 6 heteroatoms. The largest absolute Gasteiger partial charge is 0.350 e. The third-order valence-corrected chi connectivity index (χ3v) is 4.77. The lowest BCUT2D eigenvalue weighted by molar-refractivity contribution is 0.0952. The van der Waals surface area contributed by atoms with Gasteiger partial charge in [-0.2, -0.15) is 0 Å². The van der Waals surface area contributed by atoms with Gasteiger partial charge in [0.2, 0.25) is 0 Å². The summed E-state index contributed by atoms with van der Waals surface area (Å²) in [5.41, 5.74) is 3.54. The van der Waals surface area contributed by atoms with E-state index < -0.39 is 10.8 Å². The van der Waals surface area contributed by atoms with Crippen molar-refractivity contribution < 1.29 is 9.00 Å². The Hall–Kier alpha value is -2.47. The molecule has 25 heavy (non-hydrogen) atoms. The van der Waals surface area contributed by atoms with E-state index in [1.165, 1.54) is 0 Å². The molecule has 1 N–H and O–H groups in total. The molecule has 0 aliphatic carbocycles. The maximum atomic E-state index is 12.3. The van der Waals surface area contributed by atoms with Gasteiger partial charge in [-0.3, -0.25) is 9.00 Å². The second-order valence-corrected chi connectivity index (χ2v) is 7.41. The molecule has 3 aromatic rings. The first-order valence-electron chi connectivity index (χ1n) is 8.13.